The number of anilines is 2. The summed E-state index contributed by atoms with van der Waals surface area (Å²) in [6.07, 6.45) is 0.916. The maximum atomic E-state index is 12.7. The average molecular weight is 410 g/mol. The highest BCUT2D eigenvalue weighted by molar-refractivity contribution is 7.92. The summed E-state index contributed by atoms with van der Waals surface area (Å²) in [5.41, 5.74) is 2.69. The Morgan fingerprint density at radius 2 is 1.48 bits per heavy atom. The van der Waals surface area contributed by atoms with Crippen LogP contribution in [0.15, 0.2) is 77.7 Å². The third-order valence-electron chi connectivity index (χ3n) is 4.55. The van der Waals surface area contributed by atoms with E-state index in [0.717, 1.165) is 18.7 Å². The smallest absolute Gasteiger partial charge is 0.262 e. The molecule has 0 amide bonds. The largest absolute Gasteiger partial charge is 0.486 e. The van der Waals surface area contributed by atoms with Gasteiger partial charge in [0, 0.05) is 24.0 Å². The van der Waals surface area contributed by atoms with E-state index in [9.17, 15) is 8.42 Å². The summed E-state index contributed by atoms with van der Waals surface area (Å²) in [6, 6.07) is 22.0. The van der Waals surface area contributed by atoms with E-state index >= 15 is 0 Å². The minimum atomic E-state index is -3.72. The molecule has 0 bridgehead atoms. The molecule has 0 atom stereocenters. The van der Waals surface area contributed by atoms with Crippen LogP contribution in [-0.2, 0) is 16.4 Å². The summed E-state index contributed by atoms with van der Waals surface area (Å²) >= 11 is 0. The zero-order valence-corrected chi connectivity index (χ0v) is 16.6. The number of sulfonamides is 1. The molecule has 0 saturated carbocycles. The van der Waals surface area contributed by atoms with Crippen LogP contribution in [0.5, 0.6) is 11.5 Å². The fraction of sp³-hybridized carbons (Fsp3) is 0.182. The molecule has 29 heavy (non-hydrogen) atoms. The van der Waals surface area contributed by atoms with Gasteiger partial charge in [0.25, 0.3) is 10.0 Å². The SMILES string of the molecule is O=S(=O)(Nc1ccc(NCCc2ccccc2)cc1)c1ccc2c(c1)OCCO2. The van der Waals surface area contributed by atoms with Gasteiger partial charge < -0.3 is 14.8 Å². The third kappa shape index (κ3) is 4.81. The third-order valence-corrected chi connectivity index (χ3v) is 5.93. The first-order valence-corrected chi connectivity index (χ1v) is 10.9. The topological polar surface area (TPSA) is 76.7 Å². The van der Waals surface area contributed by atoms with Crippen LogP contribution in [0.2, 0.25) is 0 Å². The van der Waals surface area contributed by atoms with Crippen molar-refractivity contribution in [2.24, 2.45) is 0 Å². The molecule has 150 valence electrons. The van der Waals surface area contributed by atoms with E-state index in [1.54, 1.807) is 18.2 Å². The number of ether oxygens (including phenoxy) is 2. The van der Waals surface area contributed by atoms with Gasteiger partial charge in [-0.05, 0) is 48.4 Å². The van der Waals surface area contributed by atoms with Crippen LogP contribution in [0.25, 0.3) is 0 Å². The molecule has 2 N–H and O–H groups in total. The molecule has 6 nitrogen and oxygen atoms in total. The summed E-state index contributed by atoms with van der Waals surface area (Å²) < 4.78 is 38.9. The zero-order valence-electron chi connectivity index (χ0n) is 15.8. The Morgan fingerprint density at radius 3 is 2.24 bits per heavy atom. The van der Waals surface area contributed by atoms with Crippen LogP contribution in [0.4, 0.5) is 11.4 Å². The number of benzene rings is 3. The Labute approximate surface area is 170 Å². The zero-order chi connectivity index (χ0) is 20.1. The molecule has 0 aliphatic carbocycles. The highest BCUT2D eigenvalue weighted by Gasteiger charge is 2.19. The van der Waals surface area contributed by atoms with Crippen molar-refractivity contribution in [2.75, 3.05) is 29.8 Å². The number of fused-ring (bicyclic) bond motifs is 1. The van der Waals surface area contributed by atoms with Crippen molar-refractivity contribution in [3.05, 3.63) is 78.4 Å². The lowest BCUT2D eigenvalue weighted by Gasteiger charge is -2.19. The lowest BCUT2D eigenvalue weighted by molar-refractivity contribution is 0.171. The summed E-state index contributed by atoms with van der Waals surface area (Å²) in [7, 11) is -3.72. The van der Waals surface area contributed by atoms with Crippen molar-refractivity contribution < 1.29 is 17.9 Å². The molecule has 0 fully saturated rings. The first kappa shape index (κ1) is 19.1. The molecule has 0 unspecified atom stereocenters. The van der Waals surface area contributed by atoms with Crippen molar-refractivity contribution in [2.45, 2.75) is 11.3 Å². The standard InChI is InChI=1S/C22H22N2O4S/c25-29(26,20-10-11-21-22(16-20)28-15-14-27-21)24-19-8-6-18(7-9-19)23-13-12-17-4-2-1-3-5-17/h1-11,16,23-24H,12-15H2. The molecule has 1 heterocycles. The van der Waals surface area contributed by atoms with E-state index < -0.39 is 10.0 Å². The minimum absolute atomic E-state index is 0.131. The molecule has 1 aliphatic heterocycles. The number of hydrogen-bond acceptors (Lipinski definition) is 5. The molecule has 3 aromatic rings. The van der Waals surface area contributed by atoms with Gasteiger partial charge in [-0.3, -0.25) is 4.72 Å². The van der Waals surface area contributed by atoms with Crippen LogP contribution in [-0.4, -0.2) is 28.2 Å². The van der Waals surface area contributed by atoms with Crippen LogP contribution in [0.3, 0.4) is 0 Å². The van der Waals surface area contributed by atoms with E-state index in [1.165, 1.54) is 17.7 Å². The van der Waals surface area contributed by atoms with Crippen molar-refractivity contribution in [1.82, 2.24) is 0 Å². The van der Waals surface area contributed by atoms with E-state index in [0.29, 0.717) is 30.4 Å². The molecule has 1 aliphatic rings. The van der Waals surface area contributed by atoms with Gasteiger partial charge in [-0.2, -0.15) is 0 Å². The van der Waals surface area contributed by atoms with E-state index in [-0.39, 0.29) is 4.90 Å². The molecule has 0 saturated heterocycles. The first-order chi connectivity index (χ1) is 14.1. The fourth-order valence-electron chi connectivity index (χ4n) is 3.06. The molecule has 7 heteroatoms. The van der Waals surface area contributed by atoms with Crippen molar-refractivity contribution in [3.8, 4) is 11.5 Å². The molecular weight excluding hydrogens is 388 g/mol. The van der Waals surface area contributed by atoms with Gasteiger partial charge in [0.2, 0.25) is 0 Å². The molecule has 4 rings (SSSR count). The van der Waals surface area contributed by atoms with Crippen LogP contribution >= 0.6 is 0 Å². The Hall–Kier alpha value is -3.19. The molecule has 3 aromatic carbocycles. The van der Waals surface area contributed by atoms with Gasteiger partial charge in [-0.15, -0.1) is 0 Å². The molecule has 0 spiro atoms. The van der Waals surface area contributed by atoms with E-state index in [2.05, 4.69) is 22.2 Å². The Morgan fingerprint density at radius 1 is 0.793 bits per heavy atom. The predicted molar refractivity (Wildman–Crippen MR) is 113 cm³/mol. The maximum Gasteiger partial charge on any atom is 0.262 e. The lowest BCUT2D eigenvalue weighted by Crippen LogP contribution is -2.17. The van der Waals surface area contributed by atoms with Gasteiger partial charge in [0.1, 0.15) is 13.2 Å². The second kappa shape index (κ2) is 8.45. The second-order valence-corrected chi connectivity index (χ2v) is 8.33. The molecule has 0 aromatic heterocycles. The second-order valence-electron chi connectivity index (χ2n) is 6.65. The fourth-order valence-corrected chi connectivity index (χ4v) is 4.13. The predicted octanol–water partition coefficient (Wildman–Crippen LogP) is 3.91. The van der Waals surface area contributed by atoms with Gasteiger partial charge in [0.15, 0.2) is 11.5 Å². The van der Waals surface area contributed by atoms with Crippen LogP contribution in [0.1, 0.15) is 5.56 Å². The van der Waals surface area contributed by atoms with Gasteiger partial charge in [-0.25, -0.2) is 8.42 Å². The maximum absolute atomic E-state index is 12.7. The first-order valence-electron chi connectivity index (χ1n) is 9.40. The Kier molecular flexibility index (Phi) is 5.57. The van der Waals surface area contributed by atoms with Crippen molar-refractivity contribution >= 4 is 21.4 Å². The number of hydrogen-bond donors (Lipinski definition) is 2. The molecule has 0 radical (unpaired) electrons. The summed E-state index contributed by atoms with van der Waals surface area (Å²) in [6.45, 7) is 1.66. The number of nitrogens with one attached hydrogen (secondary N) is 2. The summed E-state index contributed by atoms with van der Waals surface area (Å²) in [4.78, 5) is 0.131. The summed E-state index contributed by atoms with van der Waals surface area (Å²) in [5.74, 6) is 0.998. The minimum Gasteiger partial charge on any atom is -0.486 e. The number of rotatable bonds is 7. The van der Waals surface area contributed by atoms with Crippen LogP contribution < -0.4 is 19.5 Å². The van der Waals surface area contributed by atoms with Crippen molar-refractivity contribution in [1.29, 1.82) is 0 Å². The van der Waals surface area contributed by atoms with E-state index in [4.69, 9.17) is 9.47 Å². The lowest BCUT2D eigenvalue weighted by atomic mass is 10.1. The molecular formula is C22H22N2O4S. The normalized spacial score (nSPS) is 13.0. The quantitative estimate of drug-likeness (QED) is 0.618. The summed E-state index contributed by atoms with van der Waals surface area (Å²) in [5, 5.41) is 3.34. The Bertz CT molecular complexity index is 1070. The van der Waals surface area contributed by atoms with Gasteiger partial charge in [-0.1, -0.05) is 30.3 Å². The monoisotopic (exact) mass is 410 g/mol. The van der Waals surface area contributed by atoms with Crippen LogP contribution in [0, 0.1) is 0 Å². The highest BCUT2D eigenvalue weighted by Crippen LogP contribution is 2.32. The van der Waals surface area contributed by atoms with Gasteiger partial charge in [0.05, 0.1) is 4.90 Å². The van der Waals surface area contributed by atoms with Crippen molar-refractivity contribution in [3.63, 3.8) is 0 Å². The highest BCUT2D eigenvalue weighted by atomic mass is 32.2. The van der Waals surface area contributed by atoms with Gasteiger partial charge >= 0.3 is 0 Å². The van der Waals surface area contributed by atoms with E-state index in [1.807, 2.05) is 30.3 Å². The average Bonchev–Trinajstić information content (AvgIpc) is 2.75. The Balaban J connectivity index is 1.37.